The molecule has 2 heterocycles. The number of hydrogen-bond donors (Lipinski definition) is 1. The van der Waals surface area contributed by atoms with Gasteiger partial charge in [-0.3, -0.25) is 4.79 Å². The van der Waals surface area contributed by atoms with E-state index in [2.05, 4.69) is 29.9 Å². The number of aliphatic hydroxyl groups is 1. The van der Waals surface area contributed by atoms with E-state index in [1.54, 1.807) is 23.2 Å². The molecule has 1 amide bonds. The number of aliphatic hydroxyl groups excluding tert-OH is 1. The zero-order valence-corrected chi connectivity index (χ0v) is 21.0. The highest BCUT2D eigenvalue weighted by Gasteiger charge is 2.34. The number of nitriles is 1. The van der Waals surface area contributed by atoms with Crippen LogP contribution < -0.4 is 4.74 Å². The summed E-state index contributed by atoms with van der Waals surface area (Å²) in [6, 6.07) is 10.8. The molecule has 2 aliphatic rings. The molecular formula is C28H36N4O3. The molecule has 2 aromatic rings. The van der Waals surface area contributed by atoms with E-state index in [1.165, 1.54) is 25.7 Å². The molecule has 7 nitrogen and oxygen atoms in total. The Morgan fingerprint density at radius 1 is 1.23 bits per heavy atom. The lowest BCUT2D eigenvalue weighted by Gasteiger charge is -2.38. The first-order valence-electron chi connectivity index (χ1n) is 12.7. The van der Waals surface area contributed by atoms with Gasteiger partial charge in [-0.1, -0.05) is 31.9 Å². The van der Waals surface area contributed by atoms with Crippen molar-refractivity contribution in [3.8, 4) is 23.1 Å². The summed E-state index contributed by atoms with van der Waals surface area (Å²) >= 11 is 0. The Balaban J connectivity index is 1.64. The van der Waals surface area contributed by atoms with Gasteiger partial charge in [0.15, 0.2) is 0 Å². The first-order chi connectivity index (χ1) is 16.9. The number of benzene rings is 1. The zero-order chi connectivity index (χ0) is 24.9. The lowest BCUT2D eigenvalue weighted by atomic mass is 9.98. The molecule has 0 bridgehead atoms. The van der Waals surface area contributed by atoms with Crippen LogP contribution in [0.25, 0.3) is 11.1 Å². The van der Waals surface area contributed by atoms with Gasteiger partial charge in [-0.05, 0) is 56.5 Å². The van der Waals surface area contributed by atoms with Crippen LogP contribution in [0.3, 0.4) is 0 Å². The van der Waals surface area contributed by atoms with Crippen molar-refractivity contribution in [2.45, 2.75) is 51.7 Å². The highest BCUT2D eigenvalue weighted by atomic mass is 16.5. The summed E-state index contributed by atoms with van der Waals surface area (Å²) in [6.45, 7) is 6.18. The maximum atomic E-state index is 13.6. The highest BCUT2D eigenvalue weighted by Crippen LogP contribution is 2.31. The second kappa shape index (κ2) is 11.2. The zero-order valence-electron chi connectivity index (χ0n) is 21.0. The molecule has 0 radical (unpaired) electrons. The number of ether oxygens (including phenoxy) is 1. The van der Waals surface area contributed by atoms with Crippen LogP contribution in [-0.2, 0) is 0 Å². The number of likely N-dealkylation sites (N-methyl/N-ethyl adjacent to an activating group) is 1. The molecule has 3 atom stereocenters. The van der Waals surface area contributed by atoms with Crippen LogP contribution >= 0.6 is 0 Å². The Hall–Kier alpha value is -2.95. The molecular weight excluding hydrogens is 440 g/mol. The van der Waals surface area contributed by atoms with Gasteiger partial charge in [-0.2, -0.15) is 5.26 Å². The molecule has 0 saturated heterocycles. The molecule has 1 saturated carbocycles. The van der Waals surface area contributed by atoms with Crippen molar-refractivity contribution < 1.29 is 14.6 Å². The van der Waals surface area contributed by atoms with Gasteiger partial charge in [0.2, 0.25) is 5.88 Å². The van der Waals surface area contributed by atoms with Crippen LogP contribution in [0, 0.1) is 23.2 Å². The fourth-order valence-electron chi connectivity index (χ4n) is 5.23. The van der Waals surface area contributed by atoms with Crippen LogP contribution in [-0.4, -0.2) is 71.2 Å². The van der Waals surface area contributed by atoms with Gasteiger partial charge in [0, 0.05) is 37.3 Å². The maximum Gasteiger partial charge on any atom is 0.259 e. The molecule has 1 aromatic heterocycles. The Bertz CT molecular complexity index is 1060. The van der Waals surface area contributed by atoms with E-state index >= 15 is 0 Å². The molecule has 7 heteroatoms. The normalized spacial score (nSPS) is 21.7. The number of carbonyl (C=O) groups excluding carboxylic acids is 1. The highest BCUT2D eigenvalue weighted by molar-refractivity contribution is 5.98. The average Bonchev–Trinajstić information content (AvgIpc) is 3.38. The van der Waals surface area contributed by atoms with Gasteiger partial charge >= 0.3 is 0 Å². The number of pyridine rings is 1. The number of aromatic nitrogens is 1. The van der Waals surface area contributed by atoms with Crippen LogP contribution in [0.5, 0.6) is 5.88 Å². The number of fused-ring (bicyclic) bond motifs is 1. The van der Waals surface area contributed by atoms with Crippen LogP contribution in [0.1, 0.15) is 55.5 Å². The second-order valence-electron chi connectivity index (χ2n) is 10.3. The Labute approximate surface area is 208 Å². The number of hydrogen-bond acceptors (Lipinski definition) is 6. The van der Waals surface area contributed by atoms with E-state index in [1.807, 2.05) is 25.1 Å². The molecule has 35 heavy (non-hydrogen) atoms. The minimum atomic E-state index is -0.314. The molecule has 1 aromatic carbocycles. The van der Waals surface area contributed by atoms with Crippen molar-refractivity contribution in [2.75, 3.05) is 33.3 Å². The molecule has 1 aliphatic heterocycles. The monoisotopic (exact) mass is 476 g/mol. The largest absolute Gasteiger partial charge is 0.472 e. The van der Waals surface area contributed by atoms with E-state index < -0.39 is 0 Å². The Morgan fingerprint density at radius 2 is 1.94 bits per heavy atom. The van der Waals surface area contributed by atoms with Gasteiger partial charge in [0.1, 0.15) is 11.7 Å². The lowest BCUT2D eigenvalue weighted by molar-refractivity contribution is 0.0320. The van der Waals surface area contributed by atoms with E-state index in [9.17, 15) is 9.90 Å². The number of rotatable bonds is 7. The summed E-state index contributed by atoms with van der Waals surface area (Å²) in [5, 5.41) is 19.0. The van der Waals surface area contributed by atoms with E-state index in [0.29, 0.717) is 23.6 Å². The maximum absolute atomic E-state index is 13.6. The summed E-state index contributed by atoms with van der Waals surface area (Å²) in [6.07, 6.45) is 6.83. The molecule has 1 N–H and O–H groups in total. The Kier molecular flexibility index (Phi) is 8.04. The number of amides is 1. The van der Waals surface area contributed by atoms with Crippen molar-refractivity contribution in [2.24, 2.45) is 11.8 Å². The first-order valence-corrected chi connectivity index (χ1v) is 12.7. The molecule has 0 spiro atoms. The quantitative estimate of drug-likeness (QED) is 0.651. The van der Waals surface area contributed by atoms with E-state index in [4.69, 9.17) is 10.00 Å². The van der Waals surface area contributed by atoms with Crippen molar-refractivity contribution in [1.29, 1.82) is 5.26 Å². The standard InChI is InChI=1S/C28H36N4O3/c1-19-15-32(20(2)18-33)28(34)25-12-24(23-10-8-21(13-29)9-11-23)14-30-27(25)35-26(19)17-31(3)16-22-6-4-5-7-22/h8-12,14,19-20,22,26,33H,4-7,15-18H2,1-3H3/t19-,20+,26+/m1/s1. The van der Waals surface area contributed by atoms with Crippen molar-refractivity contribution >= 4 is 5.91 Å². The fourth-order valence-corrected chi connectivity index (χ4v) is 5.23. The second-order valence-corrected chi connectivity index (χ2v) is 10.3. The SMILES string of the molecule is C[C@@H]1CN([C@@H](C)CO)C(=O)c2cc(-c3ccc(C#N)cc3)cnc2O[C@H]1CN(C)CC1CCCC1. The number of nitrogens with zero attached hydrogens (tertiary/aromatic N) is 4. The number of carbonyl (C=O) groups is 1. The lowest BCUT2D eigenvalue weighted by Crippen LogP contribution is -2.50. The van der Waals surface area contributed by atoms with Crippen molar-refractivity contribution in [1.82, 2.24) is 14.8 Å². The predicted octanol–water partition coefficient (Wildman–Crippen LogP) is 3.96. The van der Waals surface area contributed by atoms with Crippen LogP contribution in [0.15, 0.2) is 36.5 Å². The summed E-state index contributed by atoms with van der Waals surface area (Å²) in [5.74, 6) is 0.978. The minimum absolute atomic E-state index is 0.0760. The van der Waals surface area contributed by atoms with Gasteiger partial charge in [-0.25, -0.2) is 4.98 Å². The third kappa shape index (κ3) is 5.83. The molecule has 186 valence electrons. The summed E-state index contributed by atoms with van der Waals surface area (Å²) in [5.41, 5.74) is 2.64. The minimum Gasteiger partial charge on any atom is -0.472 e. The molecule has 1 fully saturated rings. The van der Waals surface area contributed by atoms with Crippen LogP contribution in [0.4, 0.5) is 0 Å². The van der Waals surface area contributed by atoms with Crippen molar-refractivity contribution in [3.05, 3.63) is 47.7 Å². The summed E-state index contributed by atoms with van der Waals surface area (Å²) < 4.78 is 6.44. The molecule has 4 rings (SSSR count). The van der Waals surface area contributed by atoms with E-state index in [0.717, 1.165) is 30.1 Å². The summed E-state index contributed by atoms with van der Waals surface area (Å²) in [7, 11) is 2.15. The van der Waals surface area contributed by atoms with Gasteiger partial charge in [-0.15, -0.1) is 0 Å². The average molecular weight is 477 g/mol. The molecule has 1 aliphatic carbocycles. The topological polar surface area (TPSA) is 89.7 Å². The first kappa shape index (κ1) is 25.2. The van der Waals surface area contributed by atoms with Gasteiger partial charge in [0.05, 0.1) is 24.3 Å². The van der Waals surface area contributed by atoms with Crippen molar-refractivity contribution in [3.63, 3.8) is 0 Å². The van der Waals surface area contributed by atoms with Gasteiger partial charge < -0.3 is 19.6 Å². The van der Waals surface area contributed by atoms with Gasteiger partial charge in [0.25, 0.3) is 5.91 Å². The smallest absolute Gasteiger partial charge is 0.259 e. The summed E-state index contributed by atoms with van der Waals surface area (Å²) in [4.78, 5) is 22.3. The third-order valence-electron chi connectivity index (χ3n) is 7.40. The van der Waals surface area contributed by atoms with Crippen LogP contribution in [0.2, 0.25) is 0 Å². The predicted molar refractivity (Wildman–Crippen MR) is 135 cm³/mol. The molecule has 0 unspecified atom stereocenters. The Morgan fingerprint density at radius 3 is 2.60 bits per heavy atom. The third-order valence-corrected chi connectivity index (χ3v) is 7.40. The van der Waals surface area contributed by atoms with E-state index in [-0.39, 0.29) is 30.6 Å². The fraction of sp³-hybridized carbons (Fsp3) is 0.536.